The van der Waals surface area contributed by atoms with E-state index in [2.05, 4.69) is 18.7 Å². The van der Waals surface area contributed by atoms with E-state index >= 15 is 0 Å². The molecule has 1 heterocycles. The third-order valence-corrected chi connectivity index (χ3v) is 2.78. The molecule has 1 saturated heterocycles. The van der Waals surface area contributed by atoms with Crippen LogP contribution in [0.4, 0.5) is 0 Å². The summed E-state index contributed by atoms with van der Waals surface area (Å²) in [6.45, 7) is 6.93. The molecule has 78 valence electrons. The summed E-state index contributed by atoms with van der Waals surface area (Å²) in [5.41, 5.74) is 0. The van der Waals surface area contributed by atoms with Gasteiger partial charge in [0, 0.05) is 26.2 Å². The van der Waals surface area contributed by atoms with Gasteiger partial charge in [-0.3, -0.25) is 4.90 Å². The van der Waals surface area contributed by atoms with Crippen LogP contribution in [0, 0.1) is 5.92 Å². The minimum atomic E-state index is -0.135. The Labute approximate surface area is 80.7 Å². The summed E-state index contributed by atoms with van der Waals surface area (Å²) in [5, 5.41) is 9.54. The number of hydrogen-bond donors (Lipinski definition) is 1. The lowest BCUT2D eigenvalue weighted by atomic mass is 10.0. The first-order valence-electron chi connectivity index (χ1n) is 5.06. The molecule has 1 aliphatic rings. The molecular formula is C10H21NO2. The van der Waals surface area contributed by atoms with Crippen molar-refractivity contribution in [1.82, 2.24) is 4.90 Å². The maximum atomic E-state index is 9.54. The molecule has 0 aromatic carbocycles. The molecule has 0 unspecified atom stereocenters. The van der Waals surface area contributed by atoms with Crippen LogP contribution in [0.1, 0.15) is 20.3 Å². The number of likely N-dealkylation sites (tertiary alicyclic amines) is 1. The second-order valence-corrected chi connectivity index (χ2v) is 4.19. The molecule has 3 nitrogen and oxygen atoms in total. The summed E-state index contributed by atoms with van der Waals surface area (Å²) in [6.07, 6.45) is 0.783. The molecule has 3 heteroatoms. The van der Waals surface area contributed by atoms with E-state index in [-0.39, 0.29) is 6.10 Å². The molecule has 0 aliphatic carbocycles. The summed E-state index contributed by atoms with van der Waals surface area (Å²) in [4.78, 5) is 2.33. The smallest absolute Gasteiger partial charge is 0.0682 e. The van der Waals surface area contributed by atoms with Crippen molar-refractivity contribution in [1.29, 1.82) is 0 Å². The Kier molecular flexibility index (Phi) is 4.16. The number of nitrogens with zero attached hydrogens (tertiary/aromatic N) is 1. The Hall–Kier alpha value is -0.120. The first-order chi connectivity index (χ1) is 6.15. The van der Waals surface area contributed by atoms with Gasteiger partial charge in [-0.05, 0) is 12.3 Å². The van der Waals surface area contributed by atoms with Crippen LogP contribution in [0.15, 0.2) is 0 Å². The molecule has 2 atom stereocenters. The maximum Gasteiger partial charge on any atom is 0.0682 e. The lowest BCUT2D eigenvalue weighted by Crippen LogP contribution is -2.35. The lowest BCUT2D eigenvalue weighted by molar-refractivity contribution is 0.120. The van der Waals surface area contributed by atoms with E-state index in [1.807, 2.05) is 0 Å². The van der Waals surface area contributed by atoms with Crippen molar-refractivity contribution >= 4 is 0 Å². The van der Waals surface area contributed by atoms with Crippen molar-refractivity contribution < 1.29 is 9.84 Å². The van der Waals surface area contributed by atoms with Crippen LogP contribution in [0.5, 0.6) is 0 Å². The highest BCUT2D eigenvalue weighted by molar-refractivity contribution is 4.86. The fraction of sp³-hybridized carbons (Fsp3) is 1.00. The summed E-state index contributed by atoms with van der Waals surface area (Å²) in [5.74, 6) is 0.619. The Morgan fingerprint density at radius 2 is 2.23 bits per heavy atom. The van der Waals surface area contributed by atoms with E-state index in [0.29, 0.717) is 12.0 Å². The molecule has 1 aliphatic heterocycles. The fourth-order valence-electron chi connectivity index (χ4n) is 2.07. The first-order valence-corrected chi connectivity index (χ1v) is 5.06. The van der Waals surface area contributed by atoms with Crippen molar-refractivity contribution in [3.8, 4) is 0 Å². The van der Waals surface area contributed by atoms with Crippen LogP contribution in [0.25, 0.3) is 0 Å². The summed E-state index contributed by atoms with van der Waals surface area (Å²) < 4.78 is 5.04. The van der Waals surface area contributed by atoms with Crippen molar-refractivity contribution in [2.45, 2.75) is 32.4 Å². The van der Waals surface area contributed by atoms with Gasteiger partial charge in [-0.2, -0.15) is 0 Å². The maximum absolute atomic E-state index is 9.54. The Morgan fingerprint density at radius 3 is 2.77 bits per heavy atom. The molecule has 1 fully saturated rings. The number of β-amino-alcohol motifs (C(OH)–C–C–N with tert-alkyl or cyclic N) is 1. The average Bonchev–Trinajstić information content (AvgIpc) is 2.43. The van der Waals surface area contributed by atoms with Crippen molar-refractivity contribution in [3.63, 3.8) is 0 Å². The molecular weight excluding hydrogens is 166 g/mol. The zero-order valence-electron chi connectivity index (χ0n) is 8.86. The number of methoxy groups -OCH3 is 1. The molecule has 0 aromatic heterocycles. The van der Waals surface area contributed by atoms with Crippen LogP contribution in [-0.2, 0) is 4.74 Å². The molecule has 0 bridgehead atoms. The summed E-state index contributed by atoms with van der Waals surface area (Å²) in [6, 6.07) is 0.533. The van der Waals surface area contributed by atoms with Crippen molar-refractivity contribution in [2.75, 3.05) is 26.8 Å². The first kappa shape index (κ1) is 11.0. The monoisotopic (exact) mass is 187 g/mol. The zero-order valence-corrected chi connectivity index (χ0v) is 8.86. The Bertz CT molecular complexity index is 150. The standard InChI is InChI=1S/C10H21NO2/c1-8(2)10-6-9(12)7-11(10)4-5-13-3/h8-10,12H,4-7H2,1-3H3/t9-,10+/m0/s1. The number of aliphatic hydroxyl groups is 1. The lowest BCUT2D eigenvalue weighted by Gasteiger charge is -2.26. The predicted molar refractivity (Wildman–Crippen MR) is 52.7 cm³/mol. The van der Waals surface area contributed by atoms with Gasteiger partial charge in [-0.15, -0.1) is 0 Å². The summed E-state index contributed by atoms with van der Waals surface area (Å²) in [7, 11) is 1.72. The summed E-state index contributed by atoms with van der Waals surface area (Å²) >= 11 is 0. The number of ether oxygens (including phenoxy) is 1. The van der Waals surface area contributed by atoms with Gasteiger partial charge in [0.2, 0.25) is 0 Å². The fourth-order valence-corrected chi connectivity index (χ4v) is 2.07. The topological polar surface area (TPSA) is 32.7 Å². The highest BCUT2D eigenvalue weighted by Gasteiger charge is 2.32. The van der Waals surface area contributed by atoms with Gasteiger partial charge in [0.1, 0.15) is 0 Å². The van der Waals surface area contributed by atoms with Crippen molar-refractivity contribution in [3.05, 3.63) is 0 Å². The van der Waals surface area contributed by atoms with Gasteiger partial charge < -0.3 is 9.84 Å². The van der Waals surface area contributed by atoms with Gasteiger partial charge in [0.05, 0.1) is 12.7 Å². The molecule has 0 aromatic rings. The number of hydrogen-bond acceptors (Lipinski definition) is 3. The van der Waals surface area contributed by atoms with E-state index in [0.717, 1.165) is 26.1 Å². The normalized spacial score (nSPS) is 30.2. The third kappa shape index (κ3) is 2.93. The molecule has 0 radical (unpaired) electrons. The van der Waals surface area contributed by atoms with Gasteiger partial charge in [0.25, 0.3) is 0 Å². The van der Waals surface area contributed by atoms with Gasteiger partial charge in [-0.25, -0.2) is 0 Å². The van der Waals surface area contributed by atoms with Crippen LogP contribution in [0.2, 0.25) is 0 Å². The van der Waals surface area contributed by atoms with Gasteiger partial charge >= 0.3 is 0 Å². The van der Waals surface area contributed by atoms with E-state index < -0.39 is 0 Å². The number of rotatable bonds is 4. The van der Waals surface area contributed by atoms with Crippen LogP contribution < -0.4 is 0 Å². The third-order valence-electron chi connectivity index (χ3n) is 2.78. The van der Waals surface area contributed by atoms with E-state index in [1.165, 1.54) is 0 Å². The quantitative estimate of drug-likeness (QED) is 0.704. The average molecular weight is 187 g/mol. The molecule has 1 N–H and O–H groups in total. The minimum absolute atomic E-state index is 0.135. The van der Waals surface area contributed by atoms with Gasteiger partial charge in [-0.1, -0.05) is 13.8 Å². The highest BCUT2D eigenvalue weighted by atomic mass is 16.5. The van der Waals surface area contributed by atoms with Crippen LogP contribution in [0.3, 0.4) is 0 Å². The predicted octanol–water partition coefficient (Wildman–Crippen LogP) is 0.724. The van der Waals surface area contributed by atoms with E-state index in [1.54, 1.807) is 7.11 Å². The zero-order chi connectivity index (χ0) is 9.84. The molecule has 0 amide bonds. The molecule has 1 rings (SSSR count). The van der Waals surface area contributed by atoms with E-state index in [9.17, 15) is 5.11 Å². The van der Waals surface area contributed by atoms with Crippen molar-refractivity contribution in [2.24, 2.45) is 5.92 Å². The van der Waals surface area contributed by atoms with Crippen LogP contribution in [-0.4, -0.2) is 49.0 Å². The second kappa shape index (κ2) is 4.94. The Balaban J connectivity index is 2.41. The number of aliphatic hydroxyl groups excluding tert-OH is 1. The molecule has 0 saturated carbocycles. The molecule has 0 spiro atoms. The van der Waals surface area contributed by atoms with E-state index in [4.69, 9.17) is 4.74 Å². The SMILES string of the molecule is COCCN1C[C@@H](O)C[C@@H]1C(C)C. The largest absolute Gasteiger partial charge is 0.392 e. The van der Waals surface area contributed by atoms with Crippen LogP contribution >= 0.6 is 0 Å². The Morgan fingerprint density at radius 1 is 1.54 bits per heavy atom. The highest BCUT2D eigenvalue weighted by Crippen LogP contribution is 2.23. The molecule has 13 heavy (non-hydrogen) atoms. The minimum Gasteiger partial charge on any atom is -0.392 e. The second-order valence-electron chi connectivity index (χ2n) is 4.19. The van der Waals surface area contributed by atoms with Gasteiger partial charge in [0.15, 0.2) is 0 Å².